The molecule has 0 N–H and O–H groups in total. The van der Waals surface area contributed by atoms with Crippen LogP contribution in [-0.4, -0.2) is 47.0 Å². The minimum absolute atomic E-state index is 0.00721. The molecule has 2 aromatic rings. The summed E-state index contributed by atoms with van der Waals surface area (Å²) < 4.78 is 0. The molecule has 0 aromatic carbocycles. The predicted molar refractivity (Wildman–Crippen MR) is 91.0 cm³/mol. The van der Waals surface area contributed by atoms with E-state index in [4.69, 9.17) is 0 Å². The van der Waals surface area contributed by atoms with E-state index >= 15 is 0 Å². The molecule has 1 fully saturated rings. The Labute approximate surface area is 138 Å². The Kier molecular flexibility index (Phi) is 4.18. The zero-order chi connectivity index (χ0) is 15.7. The van der Waals surface area contributed by atoms with Crippen molar-refractivity contribution < 1.29 is 4.79 Å². The number of carbonyl (C=O) groups is 1. The van der Waals surface area contributed by atoms with Gasteiger partial charge in [0, 0.05) is 43.2 Å². The zero-order valence-electron chi connectivity index (χ0n) is 13.1. The van der Waals surface area contributed by atoms with Crippen molar-refractivity contribution in [1.29, 1.82) is 0 Å². The van der Waals surface area contributed by atoms with Gasteiger partial charge in [0.15, 0.2) is 5.13 Å². The summed E-state index contributed by atoms with van der Waals surface area (Å²) in [5.74, 6) is 0.104. The third-order valence-corrected chi connectivity index (χ3v) is 5.86. The summed E-state index contributed by atoms with van der Waals surface area (Å²) >= 11 is 3.16. The van der Waals surface area contributed by atoms with Gasteiger partial charge < -0.3 is 9.80 Å². The molecular weight excluding hydrogens is 316 g/mol. The van der Waals surface area contributed by atoms with Crippen LogP contribution in [0.3, 0.4) is 0 Å². The third-order valence-electron chi connectivity index (χ3n) is 3.61. The number of nitrogens with zero attached hydrogens (tertiary/aromatic N) is 4. The Morgan fingerprint density at radius 2 is 1.91 bits per heavy atom. The van der Waals surface area contributed by atoms with Gasteiger partial charge in [0.05, 0.1) is 11.2 Å². The Hall–Kier alpha value is -1.47. The Bertz CT molecular complexity index is 637. The lowest BCUT2D eigenvalue weighted by Crippen LogP contribution is -2.48. The summed E-state index contributed by atoms with van der Waals surface area (Å²) in [5.41, 5.74) is -0.00721. The van der Waals surface area contributed by atoms with Crippen molar-refractivity contribution in [3.8, 4) is 0 Å². The van der Waals surface area contributed by atoms with Crippen molar-refractivity contribution in [2.75, 3.05) is 31.1 Å². The van der Waals surface area contributed by atoms with Crippen LogP contribution in [0.4, 0.5) is 5.13 Å². The molecule has 1 saturated heterocycles. The van der Waals surface area contributed by atoms with Crippen molar-refractivity contribution in [1.82, 2.24) is 14.9 Å². The quantitative estimate of drug-likeness (QED) is 0.846. The molecule has 0 bridgehead atoms. The first-order valence-corrected chi connectivity index (χ1v) is 9.05. The fourth-order valence-electron chi connectivity index (χ4n) is 2.35. The molecule has 1 amide bonds. The molecule has 0 spiro atoms. The van der Waals surface area contributed by atoms with Crippen molar-refractivity contribution in [2.24, 2.45) is 0 Å². The van der Waals surface area contributed by atoms with E-state index in [1.54, 1.807) is 17.5 Å². The van der Waals surface area contributed by atoms with E-state index in [1.165, 1.54) is 11.3 Å². The van der Waals surface area contributed by atoms with Gasteiger partial charge in [0.25, 0.3) is 5.91 Å². The summed E-state index contributed by atoms with van der Waals surface area (Å²) in [4.78, 5) is 26.2. The molecule has 3 heterocycles. The van der Waals surface area contributed by atoms with Crippen LogP contribution >= 0.6 is 22.7 Å². The molecule has 0 saturated carbocycles. The van der Waals surface area contributed by atoms with Crippen molar-refractivity contribution in [2.45, 2.75) is 26.2 Å². The van der Waals surface area contributed by atoms with Gasteiger partial charge in [-0.15, -0.1) is 22.7 Å². The number of thiazole rings is 2. The second kappa shape index (κ2) is 5.96. The molecule has 1 aliphatic rings. The summed E-state index contributed by atoms with van der Waals surface area (Å²) in [7, 11) is 0. The Balaban J connectivity index is 1.63. The average Bonchev–Trinajstić information content (AvgIpc) is 3.17. The molecule has 2 aromatic heterocycles. The smallest absolute Gasteiger partial charge is 0.265 e. The first kappa shape index (κ1) is 15.4. The molecule has 22 heavy (non-hydrogen) atoms. The maximum Gasteiger partial charge on any atom is 0.265 e. The van der Waals surface area contributed by atoms with Gasteiger partial charge in [-0.1, -0.05) is 20.8 Å². The van der Waals surface area contributed by atoms with Gasteiger partial charge >= 0.3 is 0 Å². The largest absolute Gasteiger partial charge is 0.345 e. The Morgan fingerprint density at radius 1 is 1.18 bits per heavy atom. The third kappa shape index (κ3) is 3.15. The molecule has 7 heteroatoms. The molecule has 1 aliphatic heterocycles. The number of rotatable bonds is 2. The predicted octanol–water partition coefficient (Wildman–Crippen LogP) is 2.86. The first-order valence-electron chi connectivity index (χ1n) is 7.35. The Morgan fingerprint density at radius 3 is 2.45 bits per heavy atom. The van der Waals surface area contributed by atoms with Gasteiger partial charge in [0.2, 0.25) is 0 Å². The molecular formula is C15H20N4OS2. The van der Waals surface area contributed by atoms with Crippen LogP contribution in [0.25, 0.3) is 0 Å². The van der Waals surface area contributed by atoms with Gasteiger partial charge in [-0.05, 0) is 0 Å². The lowest BCUT2D eigenvalue weighted by molar-refractivity contribution is 0.0751. The van der Waals surface area contributed by atoms with Crippen LogP contribution in [-0.2, 0) is 5.41 Å². The van der Waals surface area contributed by atoms with Gasteiger partial charge in [-0.2, -0.15) is 0 Å². The number of hydrogen-bond acceptors (Lipinski definition) is 6. The van der Waals surface area contributed by atoms with Crippen LogP contribution in [0.15, 0.2) is 17.8 Å². The highest BCUT2D eigenvalue weighted by atomic mass is 32.1. The normalized spacial score (nSPS) is 16.1. The molecule has 0 aliphatic carbocycles. The highest BCUT2D eigenvalue weighted by molar-refractivity contribution is 7.14. The van der Waals surface area contributed by atoms with Gasteiger partial charge in [-0.3, -0.25) is 4.79 Å². The van der Waals surface area contributed by atoms with Crippen LogP contribution in [0.5, 0.6) is 0 Å². The van der Waals surface area contributed by atoms with Gasteiger partial charge in [-0.25, -0.2) is 9.97 Å². The number of piperazine rings is 1. The van der Waals surface area contributed by atoms with E-state index in [9.17, 15) is 4.79 Å². The van der Waals surface area contributed by atoms with Crippen molar-refractivity contribution in [3.63, 3.8) is 0 Å². The molecule has 118 valence electrons. The fourth-order valence-corrected chi connectivity index (χ4v) is 3.99. The van der Waals surface area contributed by atoms with E-state index in [0.717, 1.165) is 41.2 Å². The van der Waals surface area contributed by atoms with E-state index in [-0.39, 0.29) is 11.3 Å². The second-order valence-electron chi connectivity index (χ2n) is 6.37. The average molecular weight is 336 g/mol. The van der Waals surface area contributed by atoms with E-state index in [0.29, 0.717) is 0 Å². The maximum atomic E-state index is 12.6. The minimum atomic E-state index is -0.00721. The second-order valence-corrected chi connectivity index (χ2v) is 8.28. The maximum absolute atomic E-state index is 12.6. The van der Waals surface area contributed by atoms with Crippen molar-refractivity contribution >= 4 is 33.7 Å². The summed E-state index contributed by atoms with van der Waals surface area (Å²) in [6.07, 6.45) is 3.55. The van der Waals surface area contributed by atoms with Crippen LogP contribution in [0.1, 0.15) is 35.5 Å². The molecule has 0 radical (unpaired) electrons. The summed E-state index contributed by atoms with van der Waals surface area (Å²) in [5, 5.41) is 4.04. The lowest BCUT2D eigenvalue weighted by atomic mass is 9.98. The molecule has 0 unspecified atom stereocenters. The SMILES string of the molecule is CC(C)(C)c1ncc(C(=O)N2CCN(c3nccs3)CC2)s1. The van der Waals surface area contributed by atoms with E-state index < -0.39 is 0 Å². The standard InChI is InChI=1S/C15H20N4OS2/c1-15(2,3)13-17-10-11(22-13)12(20)18-5-7-19(8-6-18)14-16-4-9-21-14/h4,9-10H,5-8H2,1-3H3. The number of amides is 1. The van der Waals surface area contributed by atoms with Crippen LogP contribution < -0.4 is 4.90 Å². The fraction of sp³-hybridized carbons (Fsp3) is 0.533. The number of carbonyl (C=O) groups excluding carboxylic acids is 1. The van der Waals surface area contributed by atoms with Gasteiger partial charge in [0.1, 0.15) is 4.88 Å². The molecule has 0 atom stereocenters. The summed E-state index contributed by atoms with van der Waals surface area (Å²) in [6.45, 7) is 9.50. The highest BCUT2D eigenvalue weighted by Gasteiger charge is 2.26. The summed E-state index contributed by atoms with van der Waals surface area (Å²) in [6, 6.07) is 0. The van der Waals surface area contributed by atoms with E-state index in [1.807, 2.05) is 16.5 Å². The number of hydrogen-bond donors (Lipinski definition) is 0. The number of aromatic nitrogens is 2. The number of anilines is 1. The minimum Gasteiger partial charge on any atom is -0.345 e. The van der Waals surface area contributed by atoms with E-state index in [2.05, 4.69) is 35.6 Å². The molecule has 3 rings (SSSR count). The molecule has 5 nitrogen and oxygen atoms in total. The lowest BCUT2D eigenvalue weighted by Gasteiger charge is -2.34. The first-order chi connectivity index (χ1) is 10.4. The topological polar surface area (TPSA) is 49.3 Å². The van der Waals surface area contributed by atoms with Crippen LogP contribution in [0, 0.1) is 0 Å². The highest BCUT2D eigenvalue weighted by Crippen LogP contribution is 2.28. The zero-order valence-corrected chi connectivity index (χ0v) is 14.7. The van der Waals surface area contributed by atoms with Crippen LogP contribution in [0.2, 0.25) is 0 Å². The van der Waals surface area contributed by atoms with Crippen molar-refractivity contribution in [3.05, 3.63) is 27.7 Å². The monoisotopic (exact) mass is 336 g/mol.